The molecule has 0 unspecified atom stereocenters. The van der Waals surface area contributed by atoms with Gasteiger partial charge >= 0.3 is 0 Å². The Morgan fingerprint density at radius 3 is 2.34 bits per heavy atom. The van der Waals surface area contributed by atoms with E-state index in [9.17, 15) is 9.59 Å². The van der Waals surface area contributed by atoms with Crippen LogP contribution in [0.25, 0.3) is 6.08 Å². The number of carbonyl (C=O) groups excluding carboxylic acids is 2. The van der Waals surface area contributed by atoms with E-state index in [4.69, 9.17) is 32.7 Å². The Balaban J connectivity index is 1.52. The molecule has 3 aromatic carbocycles. The zero-order chi connectivity index (χ0) is 24.9. The van der Waals surface area contributed by atoms with Crippen LogP contribution in [-0.2, 0) is 17.9 Å². The van der Waals surface area contributed by atoms with Crippen LogP contribution in [-0.4, -0.2) is 22.7 Å². The molecule has 1 heterocycles. The third kappa shape index (κ3) is 6.01. The highest BCUT2D eigenvalue weighted by Crippen LogP contribution is 2.36. The third-order valence-corrected chi connectivity index (χ3v) is 6.95. The molecule has 180 valence electrons. The van der Waals surface area contributed by atoms with Crippen LogP contribution < -0.4 is 9.47 Å². The number of nitrogens with zero attached hydrogens (tertiary/aromatic N) is 1. The number of aryl methyl sites for hydroxylation is 1. The Morgan fingerprint density at radius 2 is 1.66 bits per heavy atom. The molecule has 4 rings (SSSR count). The van der Waals surface area contributed by atoms with E-state index < -0.39 is 0 Å². The van der Waals surface area contributed by atoms with Gasteiger partial charge in [0.1, 0.15) is 6.61 Å². The van der Waals surface area contributed by atoms with E-state index >= 15 is 0 Å². The Labute approximate surface area is 218 Å². The second-order valence-corrected chi connectivity index (χ2v) is 9.69. The van der Waals surface area contributed by atoms with Crippen molar-refractivity contribution in [2.24, 2.45) is 0 Å². The lowest BCUT2D eigenvalue weighted by Gasteiger charge is -2.14. The molecule has 3 aromatic rings. The van der Waals surface area contributed by atoms with Gasteiger partial charge in [-0.2, -0.15) is 0 Å². The lowest BCUT2D eigenvalue weighted by atomic mass is 10.1. The van der Waals surface area contributed by atoms with E-state index in [0.717, 1.165) is 28.5 Å². The van der Waals surface area contributed by atoms with Crippen LogP contribution in [0.4, 0.5) is 4.79 Å². The number of carbonyl (C=O) groups is 2. The van der Waals surface area contributed by atoms with Gasteiger partial charge in [-0.3, -0.25) is 14.5 Å². The smallest absolute Gasteiger partial charge is 0.293 e. The molecule has 0 saturated carbocycles. The number of rotatable bonds is 8. The molecular weight excluding hydrogens is 505 g/mol. The van der Waals surface area contributed by atoms with Crippen molar-refractivity contribution >= 4 is 52.2 Å². The number of amides is 2. The van der Waals surface area contributed by atoms with Crippen LogP contribution in [0.1, 0.15) is 29.2 Å². The van der Waals surface area contributed by atoms with Crippen molar-refractivity contribution in [3.8, 4) is 11.5 Å². The first kappa shape index (κ1) is 25.2. The number of thioether (sulfide) groups is 1. The van der Waals surface area contributed by atoms with Gasteiger partial charge in [0, 0.05) is 15.6 Å². The van der Waals surface area contributed by atoms with Crippen molar-refractivity contribution < 1.29 is 19.1 Å². The summed E-state index contributed by atoms with van der Waals surface area (Å²) in [6.07, 6.45) is 1.69. The van der Waals surface area contributed by atoms with E-state index in [1.807, 2.05) is 38.1 Å². The molecule has 0 N–H and O–H groups in total. The summed E-state index contributed by atoms with van der Waals surface area (Å²) in [5.74, 6) is 0.725. The molecule has 5 nitrogen and oxygen atoms in total. The summed E-state index contributed by atoms with van der Waals surface area (Å²) in [5, 5.41) is 0.755. The predicted octanol–water partition coefficient (Wildman–Crippen LogP) is 7.52. The fraction of sp³-hybridized carbons (Fsp3) is 0.185. The molecule has 0 aliphatic carbocycles. The van der Waals surface area contributed by atoms with Gasteiger partial charge in [0.15, 0.2) is 11.5 Å². The highest BCUT2D eigenvalue weighted by atomic mass is 35.5. The summed E-state index contributed by atoms with van der Waals surface area (Å²) >= 11 is 13.4. The van der Waals surface area contributed by atoms with Gasteiger partial charge < -0.3 is 9.47 Å². The molecule has 0 atom stereocenters. The fourth-order valence-electron chi connectivity index (χ4n) is 3.49. The van der Waals surface area contributed by atoms with Crippen LogP contribution in [0, 0.1) is 6.92 Å². The van der Waals surface area contributed by atoms with Crippen LogP contribution in [0.2, 0.25) is 10.0 Å². The van der Waals surface area contributed by atoms with E-state index in [2.05, 4.69) is 0 Å². The number of benzene rings is 3. The van der Waals surface area contributed by atoms with E-state index in [0.29, 0.717) is 38.6 Å². The van der Waals surface area contributed by atoms with Gasteiger partial charge in [0.2, 0.25) is 0 Å². The van der Waals surface area contributed by atoms with Gasteiger partial charge in [0.05, 0.1) is 18.1 Å². The summed E-state index contributed by atoms with van der Waals surface area (Å²) in [7, 11) is 0. The van der Waals surface area contributed by atoms with E-state index in [1.165, 1.54) is 4.90 Å². The molecule has 0 spiro atoms. The summed E-state index contributed by atoms with van der Waals surface area (Å²) in [4.78, 5) is 27.1. The van der Waals surface area contributed by atoms with Crippen LogP contribution >= 0.6 is 35.0 Å². The fourth-order valence-corrected chi connectivity index (χ4v) is 4.83. The quantitative estimate of drug-likeness (QED) is 0.283. The lowest BCUT2D eigenvalue weighted by molar-refractivity contribution is -0.123. The lowest BCUT2D eigenvalue weighted by Crippen LogP contribution is -2.27. The normalized spacial score (nSPS) is 14.6. The SMILES string of the molecule is CCOc1cc(/C=C2\SC(=O)N(Cc3ccc(C)cc3)C2=O)ccc1OCc1c(Cl)cccc1Cl. The van der Waals surface area contributed by atoms with Crippen molar-refractivity contribution in [2.45, 2.75) is 27.0 Å². The zero-order valence-corrected chi connectivity index (χ0v) is 21.5. The molecule has 1 aliphatic rings. The minimum atomic E-state index is -0.313. The van der Waals surface area contributed by atoms with Crippen molar-refractivity contribution in [1.29, 1.82) is 0 Å². The molecule has 0 aromatic heterocycles. The average molecular weight is 528 g/mol. The molecule has 0 radical (unpaired) electrons. The minimum absolute atomic E-state index is 0.176. The van der Waals surface area contributed by atoms with Crippen molar-refractivity contribution in [3.05, 3.63) is 97.9 Å². The third-order valence-electron chi connectivity index (χ3n) is 5.33. The maximum Gasteiger partial charge on any atom is 0.293 e. The van der Waals surface area contributed by atoms with Gasteiger partial charge in [-0.15, -0.1) is 0 Å². The monoisotopic (exact) mass is 527 g/mol. The summed E-state index contributed by atoms with van der Waals surface area (Å²) < 4.78 is 11.7. The topological polar surface area (TPSA) is 55.8 Å². The van der Waals surface area contributed by atoms with Gasteiger partial charge in [-0.25, -0.2) is 0 Å². The molecule has 1 aliphatic heterocycles. The maximum atomic E-state index is 12.9. The number of ether oxygens (including phenoxy) is 2. The highest BCUT2D eigenvalue weighted by molar-refractivity contribution is 8.18. The second-order valence-electron chi connectivity index (χ2n) is 7.88. The zero-order valence-electron chi connectivity index (χ0n) is 19.2. The Kier molecular flexibility index (Phi) is 8.06. The molecule has 8 heteroatoms. The van der Waals surface area contributed by atoms with Gasteiger partial charge in [-0.05, 0) is 67.1 Å². The molecule has 1 fully saturated rings. The Hall–Kier alpha value is -2.93. The largest absolute Gasteiger partial charge is 0.490 e. The minimum Gasteiger partial charge on any atom is -0.490 e. The maximum absolute atomic E-state index is 12.9. The molecule has 0 bridgehead atoms. The summed E-state index contributed by atoms with van der Waals surface area (Å²) in [6.45, 7) is 4.71. The van der Waals surface area contributed by atoms with Crippen LogP contribution in [0.15, 0.2) is 65.6 Å². The van der Waals surface area contributed by atoms with Crippen molar-refractivity contribution in [3.63, 3.8) is 0 Å². The Morgan fingerprint density at radius 1 is 0.943 bits per heavy atom. The van der Waals surface area contributed by atoms with Gasteiger partial charge in [-0.1, -0.05) is 65.2 Å². The number of hydrogen-bond acceptors (Lipinski definition) is 5. The molecule has 35 heavy (non-hydrogen) atoms. The Bertz CT molecular complexity index is 1270. The highest BCUT2D eigenvalue weighted by Gasteiger charge is 2.35. The van der Waals surface area contributed by atoms with Crippen LogP contribution in [0.3, 0.4) is 0 Å². The molecular formula is C27H23Cl2NO4S. The molecule has 2 amide bonds. The van der Waals surface area contributed by atoms with Crippen molar-refractivity contribution in [2.75, 3.05) is 6.61 Å². The predicted molar refractivity (Wildman–Crippen MR) is 141 cm³/mol. The summed E-state index contributed by atoms with van der Waals surface area (Å²) in [5.41, 5.74) is 3.43. The molecule has 1 saturated heterocycles. The second kappa shape index (κ2) is 11.2. The first-order valence-corrected chi connectivity index (χ1v) is 12.6. The first-order chi connectivity index (χ1) is 16.9. The van der Waals surface area contributed by atoms with E-state index in [1.54, 1.807) is 42.5 Å². The van der Waals surface area contributed by atoms with E-state index in [-0.39, 0.29) is 24.3 Å². The number of halogens is 2. The average Bonchev–Trinajstić information content (AvgIpc) is 3.08. The standard InChI is InChI=1S/C27H23Cl2NO4S/c1-3-33-24-13-19(11-12-23(24)34-16-20-21(28)5-4-6-22(20)29)14-25-26(31)30(27(32)35-25)15-18-9-7-17(2)8-10-18/h4-14H,3,15-16H2,1-2H3/b25-14-. The summed E-state index contributed by atoms with van der Waals surface area (Å²) in [6, 6.07) is 18.4. The number of hydrogen-bond donors (Lipinski definition) is 0. The van der Waals surface area contributed by atoms with Gasteiger partial charge in [0.25, 0.3) is 11.1 Å². The van der Waals surface area contributed by atoms with Crippen molar-refractivity contribution in [1.82, 2.24) is 4.90 Å². The first-order valence-electron chi connectivity index (χ1n) is 11.0. The number of imide groups is 1. The van der Waals surface area contributed by atoms with Crippen LogP contribution in [0.5, 0.6) is 11.5 Å².